The molecule has 0 heterocycles. The average molecular weight is 277 g/mol. The highest BCUT2D eigenvalue weighted by Crippen LogP contribution is 2.32. The van der Waals surface area contributed by atoms with Crippen LogP contribution in [0.2, 0.25) is 0 Å². The van der Waals surface area contributed by atoms with E-state index >= 15 is 0 Å². The van der Waals surface area contributed by atoms with E-state index in [1.807, 2.05) is 23.5 Å². The van der Waals surface area contributed by atoms with Crippen LogP contribution in [-0.4, -0.2) is 48.0 Å². The van der Waals surface area contributed by atoms with Crippen molar-refractivity contribution < 1.29 is 0 Å². The van der Waals surface area contributed by atoms with E-state index < -0.39 is 0 Å². The summed E-state index contributed by atoms with van der Waals surface area (Å²) in [6, 6.07) is 0. The first-order valence-corrected chi connectivity index (χ1v) is 8.81. The third-order valence-corrected chi connectivity index (χ3v) is 4.91. The van der Waals surface area contributed by atoms with E-state index in [1.54, 1.807) is 0 Å². The molecule has 17 heavy (non-hydrogen) atoms. The fourth-order valence-corrected chi connectivity index (χ4v) is 3.77. The van der Waals surface area contributed by atoms with Crippen molar-refractivity contribution in [3.63, 3.8) is 0 Å². The first-order valence-electron chi connectivity index (χ1n) is 6.60. The van der Waals surface area contributed by atoms with Crippen LogP contribution in [-0.2, 0) is 0 Å². The van der Waals surface area contributed by atoms with E-state index in [1.165, 1.54) is 10.1 Å². The van der Waals surface area contributed by atoms with Gasteiger partial charge in [-0.05, 0) is 39.7 Å². The highest BCUT2D eigenvalue weighted by Gasteiger charge is 2.17. The van der Waals surface area contributed by atoms with Gasteiger partial charge >= 0.3 is 0 Å². The zero-order valence-corrected chi connectivity index (χ0v) is 13.9. The highest BCUT2D eigenvalue weighted by molar-refractivity contribution is 8.22. The monoisotopic (exact) mass is 276 g/mol. The molecular weight excluding hydrogens is 248 g/mol. The summed E-state index contributed by atoms with van der Waals surface area (Å²) in [6.45, 7) is 15.5. The summed E-state index contributed by atoms with van der Waals surface area (Å²) < 4.78 is 1.46. The maximum atomic E-state index is 2.47. The molecule has 0 fully saturated rings. The molecule has 0 amide bonds. The maximum Gasteiger partial charge on any atom is 0.124 e. The lowest BCUT2D eigenvalue weighted by atomic mass is 10.4. The topological polar surface area (TPSA) is 6.48 Å². The van der Waals surface area contributed by atoms with Crippen molar-refractivity contribution >= 4 is 23.5 Å². The Hall–Kier alpha value is 0.0400. The number of nitrogens with zero attached hydrogens (tertiary/aromatic N) is 2. The van der Waals surface area contributed by atoms with Crippen molar-refractivity contribution in [3.05, 3.63) is 10.1 Å². The van der Waals surface area contributed by atoms with Gasteiger partial charge in [-0.2, -0.15) is 0 Å². The van der Waals surface area contributed by atoms with Crippen LogP contribution < -0.4 is 0 Å². The number of hydrogen-bond donors (Lipinski definition) is 0. The Balaban J connectivity index is 5.30. The van der Waals surface area contributed by atoms with Gasteiger partial charge in [0.2, 0.25) is 0 Å². The summed E-state index contributed by atoms with van der Waals surface area (Å²) in [5, 5.41) is 0. The van der Waals surface area contributed by atoms with Crippen LogP contribution in [0.1, 0.15) is 34.6 Å². The van der Waals surface area contributed by atoms with E-state index in [0.29, 0.717) is 0 Å². The normalized spacial score (nSPS) is 10.2. The predicted molar refractivity (Wildman–Crippen MR) is 84.5 cm³/mol. The van der Waals surface area contributed by atoms with Crippen LogP contribution in [0, 0.1) is 0 Å². The molecule has 0 bridgehead atoms. The molecule has 0 saturated heterocycles. The van der Waals surface area contributed by atoms with Gasteiger partial charge in [-0.25, -0.2) is 0 Å². The SMILES string of the molecule is CCSC(SC)=C(N(CC)CC)N(CC)CC. The fourth-order valence-electron chi connectivity index (χ4n) is 1.85. The third-order valence-electron chi connectivity index (χ3n) is 2.77. The molecule has 0 aromatic carbocycles. The van der Waals surface area contributed by atoms with Gasteiger partial charge in [0.1, 0.15) is 5.82 Å². The Bertz CT molecular complexity index is 207. The largest absolute Gasteiger partial charge is 0.357 e. The molecule has 0 N–H and O–H groups in total. The summed E-state index contributed by atoms with van der Waals surface area (Å²) in [5.74, 6) is 2.57. The molecule has 2 nitrogen and oxygen atoms in total. The third kappa shape index (κ3) is 5.04. The van der Waals surface area contributed by atoms with Crippen molar-refractivity contribution in [1.29, 1.82) is 0 Å². The first kappa shape index (κ1) is 17.0. The molecule has 0 unspecified atom stereocenters. The van der Waals surface area contributed by atoms with Crippen molar-refractivity contribution in [1.82, 2.24) is 9.80 Å². The van der Waals surface area contributed by atoms with Crippen LogP contribution in [0.3, 0.4) is 0 Å². The maximum absolute atomic E-state index is 2.47. The summed E-state index contributed by atoms with van der Waals surface area (Å²) in [5.41, 5.74) is 0. The van der Waals surface area contributed by atoms with E-state index in [0.717, 1.165) is 31.9 Å². The van der Waals surface area contributed by atoms with Crippen LogP contribution in [0.25, 0.3) is 0 Å². The van der Waals surface area contributed by atoms with Crippen LogP contribution in [0.15, 0.2) is 10.1 Å². The van der Waals surface area contributed by atoms with E-state index in [-0.39, 0.29) is 0 Å². The second-order valence-electron chi connectivity index (χ2n) is 3.59. The van der Waals surface area contributed by atoms with Gasteiger partial charge in [0.25, 0.3) is 0 Å². The van der Waals surface area contributed by atoms with Gasteiger partial charge < -0.3 is 9.80 Å². The summed E-state index contributed by atoms with van der Waals surface area (Å²) in [6.07, 6.45) is 2.19. The van der Waals surface area contributed by atoms with Gasteiger partial charge in [-0.15, -0.1) is 23.5 Å². The van der Waals surface area contributed by atoms with Crippen molar-refractivity contribution in [2.75, 3.05) is 38.2 Å². The minimum atomic E-state index is 1.08. The minimum Gasteiger partial charge on any atom is -0.357 e. The molecule has 0 aliphatic rings. The molecule has 4 heteroatoms. The van der Waals surface area contributed by atoms with Crippen molar-refractivity contribution in [2.45, 2.75) is 34.6 Å². The molecule has 0 aliphatic carbocycles. The summed E-state index contributed by atoms with van der Waals surface area (Å²) >= 11 is 3.84. The lowest BCUT2D eigenvalue weighted by Crippen LogP contribution is -2.36. The average Bonchev–Trinajstić information content (AvgIpc) is 2.37. The molecule has 0 saturated carbocycles. The molecule has 0 aliphatic heterocycles. The smallest absolute Gasteiger partial charge is 0.124 e. The lowest BCUT2D eigenvalue weighted by Gasteiger charge is -2.35. The fraction of sp³-hybridized carbons (Fsp3) is 0.846. The zero-order valence-electron chi connectivity index (χ0n) is 12.2. The van der Waals surface area contributed by atoms with Gasteiger partial charge in [0.15, 0.2) is 0 Å². The van der Waals surface area contributed by atoms with E-state index in [9.17, 15) is 0 Å². The van der Waals surface area contributed by atoms with Gasteiger partial charge in [0, 0.05) is 26.2 Å². The Morgan fingerprint density at radius 1 is 0.824 bits per heavy atom. The highest BCUT2D eigenvalue weighted by atomic mass is 32.2. The molecule has 102 valence electrons. The van der Waals surface area contributed by atoms with E-state index in [4.69, 9.17) is 0 Å². The second-order valence-corrected chi connectivity index (χ2v) is 5.94. The van der Waals surface area contributed by atoms with Gasteiger partial charge in [-0.3, -0.25) is 0 Å². The molecule has 0 rings (SSSR count). The number of thioether (sulfide) groups is 2. The van der Waals surface area contributed by atoms with Crippen molar-refractivity contribution in [3.8, 4) is 0 Å². The van der Waals surface area contributed by atoms with Gasteiger partial charge in [-0.1, -0.05) is 6.92 Å². The Labute approximate surface area is 116 Å². The molecule has 0 radical (unpaired) electrons. The molecule has 0 atom stereocenters. The first-order chi connectivity index (χ1) is 8.19. The van der Waals surface area contributed by atoms with Crippen LogP contribution >= 0.6 is 23.5 Å². The quantitative estimate of drug-likeness (QED) is 0.629. The second kappa shape index (κ2) is 10.0. The Morgan fingerprint density at radius 2 is 1.24 bits per heavy atom. The number of rotatable bonds is 9. The number of hydrogen-bond acceptors (Lipinski definition) is 4. The van der Waals surface area contributed by atoms with Crippen LogP contribution in [0.4, 0.5) is 0 Å². The minimum absolute atomic E-state index is 1.08. The zero-order chi connectivity index (χ0) is 13.3. The summed E-state index contributed by atoms with van der Waals surface area (Å²) in [4.78, 5) is 4.95. The summed E-state index contributed by atoms with van der Waals surface area (Å²) in [7, 11) is 0. The predicted octanol–water partition coefficient (Wildman–Crippen LogP) is 3.91. The molecule has 0 spiro atoms. The van der Waals surface area contributed by atoms with Gasteiger partial charge in [0.05, 0.1) is 4.24 Å². The Morgan fingerprint density at radius 3 is 1.47 bits per heavy atom. The molecular formula is C13H28N2S2. The van der Waals surface area contributed by atoms with Crippen LogP contribution in [0.5, 0.6) is 0 Å². The Kier molecular flexibility index (Phi) is 10.0. The van der Waals surface area contributed by atoms with Crippen molar-refractivity contribution in [2.24, 2.45) is 0 Å². The lowest BCUT2D eigenvalue weighted by molar-refractivity contribution is 0.235. The van der Waals surface area contributed by atoms with E-state index in [2.05, 4.69) is 50.7 Å². The molecule has 0 aromatic heterocycles. The molecule has 0 aromatic rings. The standard InChI is InChI=1S/C13H28N2S2/c1-7-14(8-2)12(15(9-3)10-4)13(16-6)17-11-5/h7-11H2,1-6H3.